The van der Waals surface area contributed by atoms with Crippen LogP contribution < -0.4 is 20.3 Å². The van der Waals surface area contributed by atoms with Gasteiger partial charge in [-0.1, -0.05) is 11.6 Å². The number of hydrogen-bond donors (Lipinski definition) is 2. The summed E-state index contributed by atoms with van der Waals surface area (Å²) < 4.78 is 33.3. The van der Waals surface area contributed by atoms with Crippen LogP contribution in [0, 0.1) is 6.92 Å². The number of likely N-dealkylation sites (N-methyl/N-ethyl adjacent to an activating group) is 1. The van der Waals surface area contributed by atoms with Gasteiger partial charge in [-0.2, -0.15) is 0 Å². The number of carbonyl (C=O) groups is 2. The second kappa shape index (κ2) is 8.55. The van der Waals surface area contributed by atoms with Crippen LogP contribution in [0.25, 0.3) is 0 Å². The van der Waals surface area contributed by atoms with Crippen LogP contribution >= 0.6 is 11.6 Å². The standard InChI is InChI=1S/C20H21ClF2N6O3/c1-10-7-25-16(28-15(10)12-6-20(22,23)3-4-24-12)18(30)27-13-9-32-14-5-11(21)8-26-17(14)29(2)19(13)31/h5,7-8,12-13,24H,3-4,6,9H2,1-2H3,(H,27,30). The molecule has 4 heterocycles. The fourth-order valence-corrected chi connectivity index (χ4v) is 3.84. The SMILES string of the molecule is Cc1cnc(C(=O)NC2COc3cc(Cl)cnc3N(C)C2=O)nc1C1CC(F)(F)CCN1. The Hall–Kier alpha value is -2.92. The van der Waals surface area contributed by atoms with E-state index in [1.165, 1.54) is 30.4 Å². The number of amides is 2. The molecule has 9 nitrogen and oxygen atoms in total. The lowest BCUT2D eigenvalue weighted by Gasteiger charge is -2.30. The summed E-state index contributed by atoms with van der Waals surface area (Å²) >= 11 is 5.94. The van der Waals surface area contributed by atoms with E-state index in [9.17, 15) is 18.4 Å². The number of nitrogens with zero attached hydrogens (tertiary/aromatic N) is 4. The number of nitrogens with one attached hydrogen (secondary N) is 2. The monoisotopic (exact) mass is 466 g/mol. The van der Waals surface area contributed by atoms with E-state index in [1.54, 1.807) is 6.92 Å². The maximum atomic E-state index is 13.9. The summed E-state index contributed by atoms with van der Waals surface area (Å²) in [5.74, 6) is -3.62. The number of fused-ring (bicyclic) bond motifs is 1. The Balaban J connectivity index is 1.52. The van der Waals surface area contributed by atoms with Crippen LogP contribution in [0.3, 0.4) is 0 Å². The molecule has 1 fully saturated rings. The molecule has 0 aliphatic carbocycles. The summed E-state index contributed by atoms with van der Waals surface area (Å²) in [6, 6.07) is -0.209. The van der Waals surface area contributed by atoms with E-state index in [2.05, 4.69) is 25.6 Å². The Kier molecular flexibility index (Phi) is 5.95. The number of pyridine rings is 1. The minimum Gasteiger partial charge on any atom is -0.487 e. The highest BCUT2D eigenvalue weighted by Gasteiger charge is 2.38. The molecular formula is C20H21ClF2N6O3. The van der Waals surface area contributed by atoms with Crippen molar-refractivity contribution in [2.45, 2.75) is 37.8 Å². The van der Waals surface area contributed by atoms with Crippen molar-refractivity contribution >= 4 is 29.2 Å². The molecular weight excluding hydrogens is 446 g/mol. The van der Waals surface area contributed by atoms with Crippen LogP contribution in [0.4, 0.5) is 14.6 Å². The Bertz CT molecular complexity index is 1070. The Morgan fingerprint density at radius 3 is 2.91 bits per heavy atom. The minimum absolute atomic E-state index is 0.140. The minimum atomic E-state index is -2.81. The van der Waals surface area contributed by atoms with Gasteiger partial charge in [-0.15, -0.1) is 0 Å². The molecule has 12 heteroatoms. The van der Waals surface area contributed by atoms with Gasteiger partial charge in [-0.25, -0.2) is 23.7 Å². The predicted molar refractivity (Wildman–Crippen MR) is 111 cm³/mol. The van der Waals surface area contributed by atoms with Crippen LogP contribution in [0.5, 0.6) is 5.75 Å². The van der Waals surface area contributed by atoms with Crippen LogP contribution in [0.1, 0.15) is 40.8 Å². The van der Waals surface area contributed by atoms with Gasteiger partial charge in [0, 0.05) is 44.9 Å². The third kappa shape index (κ3) is 4.49. The van der Waals surface area contributed by atoms with Gasteiger partial charge < -0.3 is 15.4 Å². The zero-order valence-corrected chi connectivity index (χ0v) is 18.1. The molecule has 2 aromatic rings. The Labute approximate surface area is 187 Å². The topological polar surface area (TPSA) is 109 Å². The number of halogens is 3. The average molecular weight is 467 g/mol. The lowest BCUT2D eigenvalue weighted by molar-refractivity contribution is -0.120. The zero-order valence-electron chi connectivity index (χ0n) is 17.4. The van der Waals surface area contributed by atoms with Crippen molar-refractivity contribution in [3.8, 4) is 5.75 Å². The van der Waals surface area contributed by atoms with Gasteiger partial charge in [-0.05, 0) is 12.5 Å². The molecule has 0 radical (unpaired) electrons. The average Bonchev–Trinajstić information content (AvgIpc) is 2.85. The lowest BCUT2D eigenvalue weighted by Crippen LogP contribution is -2.49. The number of carbonyl (C=O) groups excluding carboxylic acids is 2. The van der Waals surface area contributed by atoms with E-state index in [0.29, 0.717) is 22.0 Å². The van der Waals surface area contributed by atoms with Crippen LogP contribution in [-0.2, 0) is 4.79 Å². The van der Waals surface area contributed by atoms with Crippen molar-refractivity contribution in [2.24, 2.45) is 0 Å². The quantitative estimate of drug-likeness (QED) is 0.712. The van der Waals surface area contributed by atoms with Gasteiger partial charge in [-0.3, -0.25) is 14.5 Å². The highest BCUT2D eigenvalue weighted by atomic mass is 35.5. The van der Waals surface area contributed by atoms with Crippen LogP contribution in [0.15, 0.2) is 18.5 Å². The smallest absolute Gasteiger partial charge is 0.289 e. The zero-order chi connectivity index (χ0) is 23.0. The molecule has 1 saturated heterocycles. The molecule has 2 atom stereocenters. The van der Waals surface area contributed by atoms with E-state index < -0.39 is 36.2 Å². The molecule has 2 unspecified atom stereocenters. The van der Waals surface area contributed by atoms with Gasteiger partial charge in [0.25, 0.3) is 17.7 Å². The summed E-state index contributed by atoms with van der Waals surface area (Å²) in [7, 11) is 1.51. The molecule has 32 heavy (non-hydrogen) atoms. The summed E-state index contributed by atoms with van der Waals surface area (Å²) in [5, 5.41) is 5.92. The fourth-order valence-electron chi connectivity index (χ4n) is 3.69. The first-order valence-corrected chi connectivity index (χ1v) is 10.3. The van der Waals surface area contributed by atoms with Crippen molar-refractivity contribution in [3.63, 3.8) is 0 Å². The number of aryl methyl sites for hydroxylation is 1. The summed E-state index contributed by atoms with van der Waals surface area (Å²) in [5.41, 5.74) is 0.917. The molecule has 0 bridgehead atoms. The third-order valence-corrected chi connectivity index (χ3v) is 5.59. The molecule has 0 saturated carbocycles. The molecule has 2 aliphatic heterocycles. The lowest BCUT2D eigenvalue weighted by atomic mass is 9.96. The molecule has 0 aromatic carbocycles. The maximum absolute atomic E-state index is 13.9. The summed E-state index contributed by atoms with van der Waals surface area (Å²) in [4.78, 5) is 39.3. The number of anilines is 1. The van der Waals surface area contributed by atoms with Gasteiger partial charge in [0.05, 0.1) is 16.8 Å². The molecule has 4 rings (SSSR count). The molecule has 0 spiro atoms. The van der Waals surface area contributed by atoms with Crippen molar-refractivity contribution in [1.82, 2.24) is 25.6 Å². The van der Waals surface area contributed by atoms with Crippen molar-refractivity contribution < 1.29 is 23.1 Å². The number of rotatable bonds is 3. The van der Waals surface area contributed by atoms with Crippen LogP contribution in [0.2, 0.25) is 5.02 Å². The highest BCUT2D eigenvalue weighted by Crippen LogP contribution is 2.35. The second-order valence-electron chi connectivity index (χ2n) is 7.79. The number of hydrogen-bond acceptors (Lipinski definition) is 7. The van der Waals surface area contributed by atoms with E-state index in [1.807, 2.05) is 0 Å². The first kappa shape index (κ1) is 22.3. The predicted octanol–water partition coefficient (Wildman–Crippen LogP) is 2.05. The first-order valence-electron chi connectivity index (χ1n) is 9.96. The van der Waals surface area contributed by atoms with Gasteiger partial charge in [0.1, 0.15) is 12.6 Å². The number of aromatic nitrogens is 3. The summed E-state index contributed by atoms with van der Waals surface area (Å²) in [6.45, 7) is 1.68. The van der Waals surface area contributed by atoms with Crippen molar-refractivity contribution in [1.29, 1.82) is 0 Å². The molecule has 2 amide bonds. The van der Waals surface area contributed by atoms with E-state index in [-0.39, 0.29) is 31.2 Å². The fraction of sp³-hybridized carbons (Fsp3) is 0.450. The largest absolute Gasteiger partial charge is 0.487 e. The Morgan fingerprint density at radius 1 is 1.38 bits per heavy atom. The van der Waals surface area contributed by atoms with E-state index >= 15 is 0 Å². The normalized spacial score (nSPS) is 22.5. The molecule has 2 N–H and O–H groups in total. The van der Waals surface area contributed by atoms with Gasteiger partial charge >= 0.3 is 0 Å². The van der Waals surface area contributed by atoms with Crippen molar-refractivity contribution in [3.05, 3.63) is 40.6 Å². The number of ether oxygens (including phenoxy) is 1. The first-order chi connectivity index (χ1) is 15.1. The van der Waals surface area contributed by atoms with Crippen LogP contribution in [-0.4, -0.2) is 58.9 Å². The van der Waals surface area contributed by atoms with Crippen molar-refractivity contribution in [2.75, 3.05) is 25.1 Å². The van der Waals surface area contributed by atoms with Gasteiger partial charge in [0.15, 0.2) is 11.6 Å². The number of alkyl halides is 2. The summed E-state index contributed by atoms with van der Waals surface area (Å²) in [6.07, 6.45) is 2.13. The Morgan fingerprint density at radius 2 is 2.16 bits per heavy atom. The van der Waals surface area contributed by atoms with E-state index in [4.69, 9.17) is 16.3 Å². The third-order valence-electron chi connectivity index (χ3n) is 5.39. The molecule has 2 aromatic heterocycles. The number of piperidine rings is 1. The second-order valence-corrected chi connectivity index (χ2v) is 8.22. The molecule has 2 aliphatic rings. The highest BCUT2D eigenvalue weighted by molar-refractivity contribution is 6.30. The van der Waals surface area contributed by atoms with E-state index in [0.717, 1.165) is 0 Å². The van der Waals surface area contributed by atoms with Gasteiger partial charge in [0.2, 0.25) is 5.82 Å². The maximum Gasteiger partial charge on any atom is 0.289 e. The molecule has 170 valence electrons.